The number of piperidine rings is 1. The van der Waals surface area contributed by atoms with Crippen LogP contribution in [0.1, 0.15) is 24.5 Å². The second kappa shape index (κ2) is 7.16. The molecule has 0 aromatic carbocycles. The summed E-state index contributed by atoms with van der Waals surface area (Å²) in [6.45, 7) is 1.80. The highest BCUT2D eigenvalue weighted by Gasteiger charge is 2.24. The number of rotatable bonds is 4. The molecule has 1 N–H and O–H groups in total. The smallest absolute Gasteiger partial charge is 0.228 e. The fourth-order valence-corrected chi connectivity index (χ4v) is 2.97. The molecule has 0 radical (unpaired) electrons. The van der Waals surface area contributed by atoms with Crippen LogP contribution in [0.25, 0.3) is 0 Å². The standard InChI is InChI=1S/C17H18N8/c1-4-13(12-25(9-1)17-21-7-3-8-22-17)14-10-18-11-15(23-14)24-16-19-5-2-6-20-16/h2-3,5-8,10-11,13H,1,4,9,12H2,(H,19,20,23,24)/t13-/m1/s1. The molecule has 126 valence electrons. The van der Waals surface area contributed by atoms with Gasteiger partial charge in [-0.3, -0.25) is 4.98 Å². The summed E-state index contributed by atoms with van der Waals surface area (Å²) in [4.78, 5) is 28.2. The molecule has 1 fully saturated rings. The number of anilines is 3. The zero-order valence-corrected chi connectivity index (χ0v) is 13.7. The van der Waals surface area contributed by atoms with Gasteiger partial charge in [-0.05, 0) is 25.0 Å². The average molecular weight is 334 g/mol. The summed E-state index contributed by atoms with van der Waals surface area (Å²) in [6, 6.07) is 3.60. The third-order valence-electron chi connectivity index (χ3n) is 4.13. The summed E-state index contributed by atoms with van der Waals surface area (Å²) >= 11 is 0. The average Bonchev–Trinajstić information content (AvgIpc) is 2.70. The van der Waals surface area contributed by atoms with Gasteiger partial charge in [0.1, 0.15) is 0 Å². The molecular formula is C17H18N8. The molecule has 1 aliphatic rings. The molecule has 3 aromatic rings. The van der Waals surface area contributed by atoms with E-state index in [1.54, 1.807) is 37.1 Å². The Morgan fingerprint density at radius 2 is 1.72 bits per heavy atom. The van der Waals surface area contributed by atoms with Crippen molar-refractivity contribution >= 4 is 17.7 Å². The molecule has 0 spiro atoms. The predicted molar refractivity (Wildman–Crippen MR) is 93.6 cm³/mol. The summed E-state index contributed by atoms with van der Waals surface area (Å²) in [5.41, 5.74) is 0.960. The Morgan fingerprint density at radius 1 is 0.960 bits per heavy atom. The molecule has 0 amide bonds. The summed E-state index contributed by atoms with van der Waals surface area (Å²) in [7, 11) is 0. The zero-order chi connectivity index (χ0) is 16.9. The van der Waals surface area contributed by atoms with Gasteiger partial charge in [0.15, 0.2) is 5.82 Å². The molecule has 0 bridgehead atoms. The van der Waals surface area contributed by atoms with Gasteiger partial charge in [-0.1, -0.05) is 0 Å². The Kier molecular flexibility index (Phi) is 4.40. The highest BCUT2D eigenvalue weighted by molar-refractivity contribution is 5.46. The first-order valence-corrected chi connectivity index (χ1v) is 8.26. The largest absolute Gasteiger partial charge is 0.340 e. The van der Waals surface area contributed by atoms with Crippen molar-refractivity contribution in [1.29, 1.82) is 0 Å². The Bertz CT molecular complexity index is 811. The van der Waals surface area contributed by atoms with E-state index in [2.05, 4.69) is 35.1 Å². The van der Waals surface area contributed by atoms with Crippen LogP contribution in [0.3, 0.4) is 0 Å². The van der Waals surface area contributed by atoms with E-state index in [1.807, 2.05) is 12.3 Å². The van der Waals surface area contributed by atoms with Crippen LogP contribution in [0.4, 0.5) is 17.7 Å². The van der Waals surface area contributed by atoms with Crippen molar-refractivity contribution in [2.24, 2.45) is 0 Å². The van der Waals surface area contributed by atoms with E-state index in [0.717, 1.165) is 37.6 Å². The van der Waals surface area contributed by atoms with Crippen LogP contribution >= 0.6 is 0 Å². The first-order chi connectivity index (χ1) is 12.4. The second-order valence-electron chi connectivity index (χ2n) is 5.86. The van der Waals surface area contributed by atoms with E-state index in [9.17, 15) is 0 Å². The van der Waals surface area contributed by atoms with Crippen molar-refractivity contribution in [2.75, 3.05) is 23.3 Å². The van der Waals surface area contributed by atoms with Crippen LogP contribution < -0.4 is 10.2 Å². The van der Waals surface area contributed by atoms with E-state index in [-0.39, 0.29) is 0 Å². The summed E-state index contributed by atoms with van der Waals surface area (Å²) in [5.74, 6) is 2.23. The summed E-state index contributed by atoms with van der Waals surface area (Å²) in [5, 5.41) is 3.09. The van der Waals surface area contributed by atoms with Crippen molar-refractivity contribution in [3.05, 3.63) is 55.0 Å². The highest BCUT2D eigenvalue weighted by Crippen LogP contribution is 2.27. The monoisotopic (exact) mass is 334 g/mol. The number of nitrogens with one attached hydrogen (secondary N) is 1. The first kappa shape index (κ1) is 15.4. The number of nitrogens with zero attached hydrogens (tertiary/aromatic N) is 7. The van der Waals surface area contributed by atoms with E-state index < -0.39 is 0 Å². The lowest BCUT2D eigenvalue weighted by atomic mass is 9.95. The van der Waals surface area contributed by atoms with Crippen molar-refractivity contribution < 1.29 is 0 Å². The summed E-state index contributed by atoms with van der Waals surface area (Å²) in [6.07, 6.45) is 12.6. The highest BCUT2D eigenvalue weighted by atomic mass is 15.3. The maximum absolute atomic E-state index is 4.70. The molecule has 3 aromatic heterocycles. The molecular weight excluding hydrogens is 316 g/mol. The van der Waals surface area contributed by atoms with E-state index in [0.29, 0.717) is 17.7 Å². The fourth-order valence-electron chi connectivity index (χ4n) is 2.97. The number of hydrogen-bond acceptors (Lipinski definition) is 8. The van der Waals surface area contributed by atoms with E-state index >= 15 is 0 Å². The fraction of sp³-hybridized carbons (Fsp3) is 0.294. The minimum absolute atomic E-state index is 0.295. The molecule has 8 nitrogen and oxygen atoms in total. The van der Waals surface area contributed by atoms with Gasteiger partial charge in [0, 0.05) is 50.0 Å². The van der Waals surface area contributed by atoms with Gasteiger partial charge >= 0.3 is 0 Å². The van der Waals surface area contributed by atoms with Crippen molar-refractivity contribution in [2.45, 2.75) is 18.8 Å². The molecule has 1 saturated heterocycles. The van der Waals surface area contributed by atoms with Crippen LogP contribution in [0.15, 0.2) is 49.3 Å². The first-order valence-electron chi connectivity index (χ1n) is 8.26. The Labute approximate surface area is 145 Å². The van der Waals surface area contributed by atoms with Crippen LogP contribution in [0.5, 0.6) is 0 Å². The predicted octanol–water partition coefficient (Wildman–Crippen LogP) is 2.18. The molecule has 25 heavy (non-hydrogen) atoms. The van der Waals surface area contributed by atoms with Crippen molar-refractivity contribution in [1.82, 2.24) is 29.9 Å². The van der Waals surface area contributed by atoms with E-state index in [1.165, 1.54) is 0 Å². The van der Waals surface area contributed by atoms with Gasteiger partial charge in [-0.2, -0.15) is 0 Å². The van der Waals surface area contributed by atoms with Gasteiger partial charge in [-0.15, -0.1) is 0 Å². The van der Waals surface area contributed by atoms with E-state index in [4.69, 9.17) is 4.98 Å². The molecule has 1 aliphatic heterocycles. The number of hydrogen-bond donors (Lipinski definition) is 1. The van der Waals surface area contributed by atoms with Crippen LogP contribution in [0.2, 0.25) is 0 Å². The zero-order valence-electron chi connectivity index (χ0n) is 13.7. The third-order valence-corrected chi connectivity index (χ3v) is 4.13. The molecule has 0 aliphatic carbocycles. The molecule has 4 rings (SSSR count). The number of aromatic nitrogens is 6. The van der Waals surface area contributed by atoms with Gasteiger partial charge in [-0.25, -0.2) is 24.9 Å². The van der Waals surface area contributed by atoms with Crippen LogP contribution in [0, 0.1) is 0 Å². The Hall–Kier alpha value is -3.16. The van der Waals surface area contributed by atoms with Gasteiger partial charge in [0.25, 0.3) is 0 Å². The minimum atomic E-state index is 0.295. The molecule has 0 unspecified atom stereocenters. The third kappa shape index (κ3) is 3.68. The molecule has 8 heteroatoms. The van der Waals surface area contributed by atoms with Crippen LogP contribution in [-0.4, -0.2) is 43.0 Å². The maximum Gasteiger partial charge on any atom is 0.228 e. The topological polar surface area (TPSA) is 92.6 Å². The lowest BCUT2D eigenvalue weighted by molar-refractivity contribution is 0.494. The molecule has 4 heterocycles. The molecule has 0 saturated carbocycles. The van der Waals surface area contributed by atoms with Gasteiger partial charge in [0.05, 0.1) is 11.9 Å². The van der Waals surface area contributed by atoms with Gasteiger partial charge < -0.3 is 10.2 Å². The van der Waals surface area contributed by atoms with Crippen molar-refractivity contribution in [3.63, 3.8) is 0 Å². The second-order valence-corrected chi connectivity index (χ2v) is 5.86. The molecule has 1 atom stereocenters. The van der Waals surface area contributed by atoms with Crippen molar-refractivity contribution in [3.8, 4) is 0 Å². The SMILES string of the molecule is c1cnc(Nc2cncc([C@@H]3CCCN(c4ncccn4)C3)n2)nc1. The Balaban J connectivity index is 1.50. The Morgan fingerprint density at radius 3 is 2.52 bits per heavy atom. The van der Waals surface area contributed by atoms with Gasteiger partial charge in [0.2, 0.25) is 11.9 Å². The lowest BCUT2D eigenvalue weighted by Gasteiger charge is -2.32. The maximum atomic E-state index is 4.70. The summed E-state index contributed by atoms with van der Waals surface area (Å²) < 4.78 is 0. The lowest BCUT2D eigenvalue weighted by Crippen LogP contribution is -2.35. The van der Waals surface area contributed by atoms with Crippen LogP contribution in [-0.2, 0) is 0 Å². The minimum Gasteiger partial charge on any atom is -0.340 e. The quantitative estimate of drug-likeness (QED) is 0.776. The normalized spacial score (nSPS) is 17.3.